The summed E-state index contributed by atoms with van der Waals surface area (Å²) in [5.41, 5.74) is 2.62. The summed E-state index contributed by atoms with van der Waals surface area (Å²) in [4.78, 5) is 22.0. The molecule has 7 nitrogen and oxygen atoms in total. The van der Waals surface area contributed by atoms with Crippen molar-refractivity contribution in [1.29, 1.82) is 0 Å². The summed E-state index contributed by atoms with van der Waals surface area (Å²) in [6.07, 6.45) is 5.17. The summed E-state index contributed by atoms with van der Waals surface area (Å²) in [6, 6.07) is 1.56. The molecule has 7 heteroatoms. The fraction of sp³-hybridized carbons (Fsp3) is 0.579. The lowest BCUT2D eigenvalue weighted by Crippen LogP contribution is -2.32. The highest BCUT2D eigenvalue weighted by molar-refractivity contribution is 5.96. The van der Waals surface area contributed by atoms with Gasteiger partial charge < -0.3 is 14.6 Å². The van der Waals surface area contributed by atoms with Gasteiger partial charge in [0.1, 0.15) is 11.6 Å². The average molecular weight is 356 g/mol. The number of hydrogen-bond donors (Lipinski definition) is 1. The minimum absolute atomic E-state index is 0.111. The quantitative estimate of drug-likeness (QED) is 0.856. The molecule has 4 rings (SSSR count). The molecule has 0 aliphatic heterocycles. The molecule has 1 N–H and O–H groups in total. The second-order valence-electron chi connectivity index (χ2n) is 7.46. The van der Waals surface area contributed by atoms with Crippen LogP contribution in [0.15, 0.2) is 10.6 Å². The first-order valence-corrected chi connectivity index (χ1v) is 9.28. The van der Waals surface area contributed by atoms with Crippen molar-refractivity contribution in [2.45, 2.75) is 57.9 Å². The van der Waals surface area contributed by atoms with E-state index in [0.717, 1.165) is 49.2 Å². The topological polar surface area (TPSA) is 90.1 Å². The Morgan fingerprint density at radius 2 is 2.12 bits per heavy atom. The number of aromatic nitrogens is 3. The molecule has 2 aliphatic carbocycles. The summed E-state index contributed by atoms with van der Waals surface area (Å²) in [5.74, 6) is 1.88. The Labute approximate surface area is 152 Å². The molecule has 0 saturated heterocycles. The van der Waals surface area contributed by atoms with E-state index in [4.69, 9.17) is 9.26 Å². The van der Waals surface area contributed by atoms with Crippen molar-refractivity contribution in [3.63, 3.8) is 0 Å². The predicted molar refractivity (Wildman–Crippen MR) is 94.1 cm³/mol. The molecule has 0 spiro atoms. The molecule has 2 aliphatic rings. The molecule has 138 valence electrons. The van der Waals surface area contributed by atoms with Crippen molar-refractivity contribution < 1.29 is 14.1 Å². The summed E-state index contributed by atoms with van der Waals surface area (Å²) in [5, 5.41) is 7.10. The molecule has 2 heterocycles. The summed E-state index contributed by atoms with van der Waals surface area (Å²) in [7, 11) is 1.54. The van der Waals surface area contributed by atoms with Gasteiger partial charge >= 0.3 is 0 Å². The van der Waals surface area contributed by atoms with Gasteiger partial charge in [-0.05, 0) is 49.7 Å². The zero-order chi connectivity index (χ0) is 18.3. The first-order chi connectivity index (χ1) is 12.6. The van der Waals surface area contributed by atoms with E-state index < -0.39 is 0 Å². The molecule has 1 saturated carbocycles. The van der Waals surface area contributed by atoms with E-state index >= 15 is 0 Å². The number of nitrogens with zero attached hydrogens (tertiary/aromatic N) is 3. The van der Waals surface area contributed by atoms with Gasteiger partial charge in [-0.1, -0.05) is 19.0 Å². The van der Waals surface area contributed by atoms with Gasteiger partial charge in [-0.3, -0.25) is 4.79 Å². The van der Waals surface area contributed by atoms with E-state index in [1.807, 2.05) is 19.9 Å². The Bertz CT molecular complexity index is 826. The third kappa shape index (κ3) is 3.18. The maximum Gasteiger partial charge on any atom is 0.257 e. The Morgan fingerprint density at radius 3 is 2.81 bits per heavy atom. The molecule has 0 radical (unpaired) electrons. The van der Waals surface area contributed by atoms with Crippen molar-refractivity contribution in [2.24, 2.45) is 5.92 Å². The molecule has 1 atom stereocenters. The van der Waals surface area contributed by atoms with Gasteiger partial charge in [-0.15, -0.1) is 0 Å². The maximum atomic E-state index is 12.9. The largest absolute Gasteiger partial charge is 0.480 e. The van der Waals surface area contributed by atoms with E-state index in [2.05, 4.69) is 20.4 Å². The zero-order valence-electron chi connectivity index (χ0n) is 15.4. The van der Waals surface area contributed by atoms with Crippen LogP contribution >= 0.6 is 0 Å². The van der Waals surface area contributed by atoms with Gasteiger partial charge in [0.05, 0.1) is 7.11 Å². The molecule has 1 amide bonds. The van der Waals surface area contributed by atoms with E-state index in [1.54, 1.807) is 7.11 Å². The second kappa shape index (κ2) is 6.70. The smallest absolute Gasteiger partial charge is 0.257 e. The first kappa shape index (κ1) is 17.0. The summed E-state index contributed by atoms with van der Waals surface area (Å²) in [6.45, 7) is 4.04. The number of rotatable bonds is 6. The molecular weight excluding hydrogens is 332 g/mol. The number of aryl methyl sites for hydroxylation is 2. The summed E-state index contributed by atoms with van der Waals surface area (Å²) >= 11 is 0. The van der Waals surface area contributed by atoms with Crippen LogP contribution in [-0.2, 0) is 12.8 Å². The van der Waals surface area contributed by atoms with Gasteiger partial charge in [0.15, 0.2) is 5.82 Å². The van der Waals surface area contributed by atoms with E-state index in [9.17, 15) is 4.79 Å². The molecule has 1 fully saturated rings. The van der Waals surface area contributed by atoms with Crippen LogP contribution in [0.1, 0.15) is 78.4 Å². The maximum absolute atomic E-state index is 12.9. The monoisotopic (exact) mass is 356 g/mol. The van der Waals surface area contributed by atoms with Crippen LogP contribution < -0.4 is 10.1 Å². The number of carbonyl (C=O) groups excluding carboxylic acids is 1. The Balaban J connectivity index is 1.58. The minimum Gasteiger partial charge on any atom is -0.480 e. The number of pyridine rings is 1. The van der Waals surface area contributed by atoms with Gasteiger partial charge in [0.25, 0.3) is 5.91 Å². The third-order valence-corrected chi connectivity index (χ3v) is 5.07. The lowest BCUT2D eigenvalue weighted by Gasteiger charge is -2.19. The molecule has 0 aromatic carbocycles. The fourth-order valence-corrected chi connectivity index (χ4v) is 3.38. The SMILES string of the molecule is COc1nc2c(cc1C(=O)N[C@H](c1nc(C3CC3)no1)C(C)C)CCC2. The van der Waals surface area contributed by atoms with Crippen molar-refractivity contribution in [1.82, 2.24) is 20.4 Å². The molecule has 0 bridgehead atoms. The third-order valence-electron chi connectivity index (χ3n) is 5.07. The van der Waals surface area contributed by atoms with Gasteiger partial charge in [-0.2, -0.15) is 4.98 Å². The first-order valence-electron chi connectivity index (χ1n) is 9.28. The Hall–Kier alpha value is -2.44. The number of nitrogens with one attached hydrogen (secondary N) is 1. The Morgan fingerprint density at radius 1 is 1.31 bits per heavy atom. The van der Waals surface area contributed by atoms with Gasteiger partial charge in [-0.25, -0.2) is 4.98 Å². The minimum atomic E-state index is -0.347. The predicted octanol–water partition coefficient (Wildman–Crippen LogP) is 2.97. The van der Waals surface area contributed by atoms with Crippen LogP contribution in [0.2, 0.25) is 0 Å². The molecule has 26 heavy (non-hydrogen) atoms. The molecule has 0 unspecified atom stereocenters. The van der Waals surface area contributed by atoms with Crippen molar-refractivity contribution in [3.8, 4) is 5.88 Å². The Kier molecular flexibility index (Phi) is 4.38. The van der Waals surface area contributed by atoms with Crippen molar-refractivity contribution >= 4 is 5.91 Å². The highest BCUT2D eigenvalue weighted by Crippen LogP contribution is 2.38. The number of amides is 1. The number of carbonyl (C=O) groups is 1. The zero-order valence-corrected chi connectivity index (χ0v) is 15.4. The van der Waals surface area contributed by atoms with Crippen LogP contribution in [0.25, 0.3) is 0 Å². The number of methoxy groups -OCH3 is 1. The van der Waals surface area contributed by atoms with Crippen LogP contribution in [0, 0.1) is 5.92 Å². The molecule has 2 aromatic heterocycles. The van der Waals surface area contributed by atoms with Crippen molar-refractivity contribution in [2.75, 3.05) is 7.11 Å². The molecule has 2 aromatic rings. The lowest BCUT2D eigenvalue weighted by molar-refractivity contribution is 0.0910. The van der Waals surface area contributed by atoms with Crippen LogP contribution in [0.4, 0.5) is 0 Å². The van der Waals surface area contributed by atoms with E-state index in [0.29, 0.717) is 23.3 Å². The van der Waals surface area contributed by atoms with Gasteiger partial charge in [0.2, 0.25) is 11.8 Å². The second-order valence-corrected chi connectivity index (χ2v) is 7.46. The van der Waals surface area contributed by atoms with E-state index in [-0.39, 0.29) is 17.9 Å². The standard InChI is InChI=1S/C19H24N4O3/c1-10(2)15(19-22-16(23-26-19)11-7-8-11)21-17(24)13-9-12-5-4-6-14(12)20-18(13)25-3/h9-11,15H,4-8H2,1-3H3,(H,21,24)/t15-/m0/s1. The summed E-state index contributed by atoms with van der Waals surface area (Å²) < 4.78 is 10.8. The van der Waals surface area contributed by atoms with E-state index in [1.165, 1.54) is 0 Å². The number of ether oxygens (including phenoxy) is 1. The number of hydrogen-bond acceptors (Lipinski definition) is 6. The van der Waals surface area contributed by atoms with Gasteiger partial charge in [0, 0.05) is 11.6 Å². The van der Waals surface area contributed by atoms with Crippen LogP contribution in [-0.4, -0.2) is 28.1 Å². The lowest BCUT2D eigenvalue weighted by atomic mass is 10.0. The average Bonchev–Trinajstić information content (AvgIpc) is 3.18. The fourth-order valence-electron chi connectivity index (χ4n) is 3.38. The van der Waals surface area contributed by atoms with Crippen molar-refractivity contribution in [3.05, 3.63) is 34.6 Å². The molecular formula is C19H24N4O3. The highest BCUT2D eigenvalue weighted by atomic mass is 16.5. The van der Waals surface area contributed by atoms with Crippen LogP contribution in [0.3, 0.4) is 0 Å². The number of fused-ring (bicyclic) bond motifs is 1. The van der Waals surface area contributed by atoms with Crippen LogP contribution in [0.5, 0.6) is 5.88 Å². The highest BCUT2D eigenvalue weighted by Gasteiger charge is 2.32. The normalized spacial score (nSPS) is 17.2.